The lowest BCUT2D eigenvalue weighted by molar-refractivity contribution is -0.135. The minimum Gasteiger partial charge on any atom is -0.339 e. The second kappa shape index (κ2) is 6.20. The molecule has 1 saturated carbocycles. The van der Waals surface area contributed by atoms with E-state index < -0.39 is 0 Å². The van der Waals surface area contributed by atoms with Crippen LogP contribution in [0.25, 0.3) is 0 Å². The average molecular weight is 266 g/mol. The summed E-state index contributed by atoms with van der Waals surface area (Å²) in [6.07, 6.45) is 5.51. The van der Waals surface area contributed by atoms with Gasteiger partial charge >= 0.3 is 0 Å². The summed E-state index contributed by atoms with van der Waals surface area (Å²) < 4.78 is 0. The van der Waals surface area contributed by atoms with E-state index in [-0.39, 0.29) is 6.04 Å². The van der Waals surface area contributed by atoms with Crippen molar-refractivity contribution in [2.24, 2.45) is 0 Å². The molecule has 1 unspecified atom stereocenters. The highest BCUT2D eigenvalue weighted by atomic mass is 16.2. The molecule has 2 saturated heterocycles. The number of amides is 1. The van der Waals surface area contributed by atoms with E-state index in [2.05, 4.69) is 20.4 Å². The molecule has 0 bridgehead atoms. The summed E-state index contributed by atoms with van der Waals surface area (Å²) in [4.78, 5) is 17.0. The van der Waals surface area contributed by atoms with E-state index in [0.717, 1.165) is 51.9 Å². The molecule has 3 rings (SSSR count). The van der Waals surface area contributed by atoms with Crippen molar-refractivity contribution in [2.45, 2.75) is 37.8 Å². The lowest BCUT2D eigenvalue weighted by Gasteiger charge is -2.39. The smallest absolute Gasteiger partial charge is 0.241 e. The van der Waals surface area contributed by atoms with Gasteiger partial charge in [0.1, 0.15) is 0 Å². The first-order valence-electron chi connectivity index (χ1n) is 7.81. The third-order valence-corrected chi connectivity index (χ3v) is 4.81. The van der Waals surface area contributed by atoms with Crippen LogP contribution < -0.4 is 10.6 Å². The molecule has 0 aromatic heterocycles. The van der Waals surface area contributed by atoms with Gasteiger partial charge in [0.15, 0.2) is 0 Å². The third kappa shape index (κ3) is 3.09. The molecule has 0 aromatic rings. The molecule has 0 radical (unpaired) electrons. The maximum Gasteiger partial charge on any atom is 0.241 e. The van der Waals surface area contributed by atoms with Crippen molar-refractivity contribution < 1.29 is 4.79 Å². The van der Waals surface area contributed by atoms with Crippen molar-refractivity contribution in [3.63, 3.8) is 0 Å². The predicted molar refractivity (Wildman–Crippen MR) is 75.1 cm³/mol. The van der Waals surface area contributed by atoms with Crippen molar-refractivity contribution in [1.29, 1.82) is 0 Å². The van der Waals surface area contributed by atoms with Gasteiger partial charge in [0, 0.05) is 51.9 Å². The van der Waals surface area contributed by atoms with Crippen LogP contribution in [0.3, 0.4) is 0 Å². The summed E-state index contributed by atoms with van der Waals surface area (Å²) in [6, 6.07) is 0.790. The molecule has 3 aliphatic rings. The topological polar surface area (TPSA) is 47.6 Å². The summed E-state index contributed by atoms with van der Waals surface area (Å²) in [5.41, 5.74) is 0. The Kier molecular flexibility index (Phi) is 4.35. The highest BCUT2D eigenvalue weighted by Crippen LogP contribution is 2.24. The summed E-state index contributed by atoms with van der Waals surface area (Å²) in [5, 5.41) is 6.60. The van der Waals surface area contributed by atoms with Gasteiger partial charge < -0.3 is 15.5 Å². The molecule has 0 spiro atoms. The molecule has 2 aliphatic heterocycles. The molecule has 0 aromatic carbocycles. The second-order valence-electron chi connectivity index (χ2n) is 6.01. The van der Waals surface area contributed by atoms with Gasteiger partial charge in [-0.1, -0.05) is 12.8 Å². The molecule has 2 N–H and O–H groups in total. The Morgan fingerprint density at radius 1 is 1.00 bits per heavy atom. The van der Waals surface area contributed by atoms with Gasteiger partial charge in [-0.2, -0.15) is 0 Å². The number of hydrogen-bond donors (Lipinski definition) is 2. The Morgan fingerprint density at radius 2 is 1.74 bits per heavy atom. The molecule has 3 fully saturated rings. The fourth-order valence-electron chi connectivity index (χ4n) is 3.63. The Balaban J connectivity index is 1.47. The molecular weight excluding hydrogens is 240 g/mol. The zero-order chi connectivity index (χ0) is 13.1. The summed E-state index contributed by atoms with van der Waals surface area (Å²) >= 11 is 0. The molecule has 108 valence electrons. The first-order chi connectivity index (χ1) is 9.34. The van der Waals surface area contributed by atoms with Crippen molar-refractivity contribution in [3.8, 4) is 0 Å². The van der Waals surface area contributed by atoms with Crippen LogP contribution in [0.4, 0.5) is 0 Å². The largest absolute Gasteiger partial charge is 0.339 e. The van der Waals surface area contributed by atoms with Crippen LogP contribution in [-0.4, -0.2) is 73.6 Å². The highest BCUT2D eigenvalue weighted by Gasteiger charge is 2.31. The van der Waals surface area contributed by atoms with Crippen LogP contribution >= 0.6 is 0 Å². The van der Waals surface area contributed by atoms with E-state index in [1.165, 1.54) is 25.7 Å². The van der Waals surface area contributed by atoms with E-state index in [4.69, 9.17) is 0 Å². The van der Waals surface area contributed by atoms with E-state index in [1.807, 2.05) is 0 Å². The lowest BCUT2D eigenvalue weighted by Crippen LogP contribution is -2.60. The van der Waals surface area contributed by atoms with Crippen molar-refractivity contribution >= 4 is 5.91 Å². The number of nitrogens with one attached hydrogen (secondary N) is 2. The van der Waals surface area contributed by atoms with Crippen LogP contribution in [0, 0.1) is 0 Å². The monoisotopic (exact) mass is 266 g/mol. The molecule has 1 atom stereocenters. The number of hydrogen-bond acceptors (Lipinski definition) is 4. The summed E-state index contributed by atoms with van der Waals surface area (Å²) in [7, 11) is 0. The van der Waals surface area contributed by atoms with Crippen LogP contribution in [0.5, 0.6) is 0 Å². The number of nitrogens with zero attached hydrogens (tertiary/aromatic N) is 2. The fraction of sp³-hybridized carbons (Fsp3) is 0.929. The third-order valence-electron chi connectivity index (χ3n) is 4.81. The number of rotatable bonds is 2. The lowest BCUT2D eigenvalue weighted by atomic mass is 10.1. The Morgan fingerprint density at radius 3 is 2.37 bits per heavy atom. The zero-order valence-corrected chi connectivity index (χ0v) is 11.7. The zero-order valence-electron chi connectivity index (χ0n) is 11.7. The van der Waals surface area contributed by atoms with Gasteiger partial charge in [0.05, 0.1) is 6.04 Å². The minimum atomic E-state index is -0.00761. The molecule has 1 aliphatic carbocycles. The van der Waals surface area contributed by atoms with Gasteiger partial charge in [-0.15, -0.1) is 0 Å². The standard InChI is InChI=1S/C14H26N4O/c19-14(13-11-15-5-6-16-13)18-9-7-17(8-10-18)12-3-1-2-4-12/h12-13,15-16H,1-11H2. The van der Waals surface area contributed by atoms with Gasteiger partial charge in [-0.05, 0) is 12.8 Å². The number of carbonyl (C=O) groups is 1. The van der Waals surface area contributed by atoms with Crippen molar-refractivity contribution in [2.75, 3.05) is 45.8 Å². The van der Waals surface area contributed by atoms with Gasteiger partial charge in [0.25, 0.3) is 0 Å². The van der Waals surface area contributed by atoms with E-state index >= 15 is 0 Å². The highest BCUT2D eigenvalue weighted by molar-refractivity contribution is 5.82. The van der Waals surface area contributed by atoms with Crippen LogP contribution in [0.15, 0.2) is 0 Å². The Bertz CT molecular complexity index is 303. The normalized spacial score (nSPS) is 30.7. The van der Waals surface area contributed by atoms with Crippen LogP contribution in [-0.2, 0) is 4.79 Å². The van der Waals surface area contributed by atoms with Crippen molar-refractivity contribution in [3.05, 3.63) is 0 Å². The van der Waals surface area contributed by atoms with Gasteiger partial charge in [-0.3, -0.25) is 9.69 Å². The van der Waals surface area contributed by atoms with Crippen molar-refractivity contribution in [1.82, 2.24) is 20.4 Å². The van der Waals surface area contributed by atoms with E-state index in [0.29, 0.717) is 5.91 Å². The summed E-state index contributed by atoms with van der Waals surface area (Å²) in [5.74, 6) is 0.290. The molecule has 19 heavy (non-hydrogen) atoms. The van der Waals surface area contributed by atoms with Crippen LogP contribution in [0.1, 0.15) is 25.7 Å². The first kappa shape index (κ1) is 13.3. The molecular formula is C14H26N4O. The minimum absolute atomic E-state index is 0.00761. The van der Waals surface area contributed by atoms with Gasteiger partial charge in [0.2, 0.25) is 5.91 Å². The maximum atomic E-state index is 12.4. The average Bonchev–Trinajstić information content (AvgIpc) is 3.02. The predicted octanol–water partition coefficient (Wildman–Crippen LogP) is -0.365. The van der Waals surface area contributed by atoms with E-state index in [1.54, 1.807) is 0 Å². The fourth-order valence-corrected chi connectivity index (χ4v) is 3.63. The first-order valence-corrected chi connectivity index (χ1v) is 7.81. The maximum absolute atomic E-state index is 12.4. The molecule has 5 nitrogen and oxygen atoms in total. The SMILES string of the molecule is O=C(C1CNCCN1)N1CCN(C2CCCC2)CC1. The van der Waals surface area contributed by atoms with E-state index in [9.17, 15) is 4.79 Å². The van der Waals surface area contributed by atoms with Crippen LogP contribution in [0.2, 0.25) is 0 Å². The quantitative estimate of drug-likeness (QED) is 0.716. The Hall–Kier alpha value is -0.650. The molecule has 1 amide bonds. The summed E-state index contributed by atoms with van der Waals surface area (Å²) in [6.45, 7) is 6.60. The number of carbonyl (C=O) groups excluding carboxylic acids is 1. The number of piperazine rings is 2. The molecule has 2 heterocycles. The Labute approximate surface area is 115 Å². The van der Waals surface area contributed by atoms with Gasteiger partial charge in [-0.25, -0.2) is 0 Å². The molecule has 5 heteroatoms. The second-order valence-corrected chi connectivity index (χ2v) is 6.01.